The molecule has 0 saturated carbocycles. The number of esters is 3. The molecule has 0 aromatic heterocycles. The van der Waals surface area contributed by atoms with E-state index in [-0.39, 0.29) is 31.1 Å². The molecule has 0 bridgehead atoms. The van der Waals surface area contributed by atoms with Crippen molar-refractivity contribution in [1.29, 1.82) is 0 Å². The number of carbonyl (C=O) groups is 3. The highest BCUT2D eigenvalue weighted by Gasteiger charge is 2.19. The molecule has 0 spiro atoms. The van der Waals surface area contributed by atoms with E-state index in [9.17, 15) is 14.4 Å². The van der Waals surface area contributed by atoms with Crippen molar-refractivity contribution in [3.05, 3.63) is 60.8 Å². The van der Waals surface area contributed by atoms with E-state index in [2.05, 4.69) is 81.5 Å². The van der Waals surface area contributed by atoms with Gasteiger partial charge < -0.3 is 14.2 Å². The average Bonchev–Trinajstić information content (AvgIpc) is 3.37. The molecule has 412 valence electrons. The molecular formula is C65H116O6. The maximum absolute atomic E-state index is 12.9. The van der Waals surface area contributed by atoms with E-state index >= 15 is 0 Å². The van der Waals surface area contributed by atoms with Gasteiger partial charge in [0.2, 0.25) is 0 Å². The summed E-state index contributed by atoms with van der Waals surface area (Å²) in [5.41, 5.74) is 0. The monoisotopic (exact) mass is 993 g/mol. The topological polar surface area (TPSA) is 78.9 Å². The molecule has 0 saturated heterocycles. The Morgan fingerprint density at radius 2 is 0.563 bits per heavy atom. The van der Waals surface area contributed by atoms with Crippen molar-refractivity contribution >= 4 is 17.9 Å². The van der Waals surface area contributed by atoms with Crippen LogP contribution in [0.4, 0.5) is 0 Å². The van der Waals surface area contributed by atoms with E-state index in [1.54, 1.807) is 0 Å². The molecule has 0 rings (SSSR count). The quantitative estimate of drug-likeness (QED) is 0.0199. The molecule has 0 aromatic rings. The van der Waals surface area contributed by atoms with Crippen LogP contribution in [0.3, 0.4) is 0 Å². The SMILES string of the molecule is CC\C=C/C=C\C=C/CCCCCCCCCC(=O)OCC(COC(=O)CCCCCCCCC/C=C\CCCCCCCCCC)OC(=O)CCCCCCCCC/C=C\CCCCCCCCCC. The lowest BCUT2D eigenvalue weighted by Crippen LogP contribution is -2.30. The first-order chi connectivity index (χ1) is 35.0. The third-order valence-corrected chi connectivity index (χ3v) is 13.5. The van der Waals surface area contributed by atoms with E-state index in [1.807, 2.05) is 0 Å². The second kappa shape index (κ2) is 59.7. The number of hydrogen-bond donors (Lipinski definition) is 0. The van der Waals surface area contributed by atoms with Gasteiger partial charge >= 0.3 is 17.9 Å². The Bertz CT molecular complexity index is 1280. The molecule has 0 aliphatic rings. The summed E-state index contributed by atoms with van der Waals surface area (Å²) in [6.07, 6.45) is 75.0. The Kier molecular flexibility index (Phi) is 57.2. The Morgan fingerprint density at radius 3 is 0.887 bits per heavy atom. The molecule has 0 amide bonds. The first kappa shape index (κ1) is 68.1. The number of carbonyl (C=O) groups excluding carboxylic acids is 3. The smallest absolute Gasteiger partial charge is 0.306 e. The Balaban J connectivity index is 4.37. The van der Waals surface area contributed by atoms with E-state index < -0.39 is 6.10 Å². The highest BCUT2D eigenvalue weighted by molar-refractivity contribution is 5.71. The van der Waals surface area contributed by atoms with Gasteiger partial charge in [-0.2, -0.15) is 0 Å². The van der Waals surface area contributed by atoms with E-state index in [4.69, 9.17) is 14.2 Å². The Hall–Kier alpha value is -2.89. The van der Waals surface area contributed by atoms with Crippen LogP contribution in [-0.4, -0.2) is 37.2 Å². The fourth-order valence-electron chi connectivity index (χ4n) is 8.90. The highest BCUT2D eigenvalue weighted by atomic mass is 16.6. The van der Waals surface area contributed by atoms with Gasteiger partial charge in [-0.05, 0) is 89.9 Å². The largest absolute Gasteiger partial charge is 0.462 e. The predicted molar refractivity (Wildman–Crippen MR) is 307 cm³/mol. The predicted octanol–water partition coefficient (Wildman–Crippen LogP) is 20.8. The zero-order valence-corrected chi connectivity index (χ0v) is 47.2. The van der Waals surface area contributed by atoms with Crippen molar-refractivity contribution < 1.29 is 28.6 Å². The van der Waals surface area contributed by atoms with Crippen LogP contribution in [0.15, 0.2) is 60.8 Å². The van der Waals surface area contributed by atoms with Crippen LogP contribution >= 0.6 is 0 Å². The second-order valence-corrected chi connectivity index (χ2v) is 20.6. The normalized spacial score (nSPS) is 12.4. The van der Waals surface area contributed by atoms with Crippen LogP contribution in [0.1, 0.15) is 316 Å². The van der Waals surface area contributed by atoms with Crippen LogP contribution in [0.2, 0.25) is 0 Å². The molecule has 0 aromatic carbocycles. The van der Waals surface area contributed by atoms with Crippen molar-refractivity contribution in [2.75, 3.05) is 13.2 Å². The van der Waals surface area contributed by atoms with Gasteiger partial charge in [0.05, 0.1) is 0 Å². The van der Waals surface area contributed by atoms with Crippen LogP contribution in [-0.2, 0) is 28.6 Å². The molecule has 0 aliphatic carbocycles. The maximum atomic E-state index is 12.9. The molecule has 0 heterocycles. The minimum atomic E-state index is -0.784. The molecule has 71 heavy (non-hydrogen) atoms. The maximum Gasteiger partial charge on any atom is 0.306 e. The molecule has 1 unspecified atom stereocenters. The number of ether oxygens (including phenoxy) is 3. The molecule has 0 aliphatic heterocycles. The van der Waals surface area contributed by atoms with Gasteiger partial charge in [-0.1, -0.05) is 268 Å². The van der Waals surface area contributed by atoms with Gasteiger partial charge in [0.15, 0.2) is 6.10 Å². The third kappa shape index (κ3) is 57.9. The fraction of sp³-hybridized carbons (Fsp3) is 0.800. The average molecular weight is 994 g/mol. The van der Waals surface area contributed by atoms with Gasteiger partial charge in [0, 0.05) is 19.3 Å². The van der Waals surface area contributed by atoms with Crippen molar-refractivity contribution in [2.45, 2.75) is 322 Å². The second-order valence-electron chi connectivity index (χ2n) is 20.6. The third-order valence-electron chi connectivity index (χ3n) is 13.5. The van der Waals surface area contributed by atoms with Gasteiger partial charge in [-0.15, -0.1) is 0 Å². The summed E-state index contributed by atoms with van der Waals surface area (Å²) >= 11 is 0. The first-order valence-corrected chi connectivity index (χ1v) is 30.8. The van der Waals surface area contributed by atoms with Gasteiger partial charge in [-0.25, -0.2) is 0 Å². The lowest BCUT2D eigenvalue weighted by Gasteiger charge is -2.18. The van der Waals surface area contributed by atoms with Crippen LogP contribution < -0.4 is 0 Å². The van der Waals surface area contributed by atoms with Crippen LogP contribution in [0, 0.1) is 0 Å². The summed E-state index contributed by atoms with van der Waals surface area (Å²) in [6, 6.07) is 0. The minimum Gasteiger partial charge on any atom is -0.462 e. The zero-order valence-electron chi connectivity index (χ0n) is 47.2. The summed E-state index contributed by atoms with van der Waals surface area (Å²) < 4.78 is 16.9. The van der Waals surface area contributed by atoms with Crippen LogP contribution in [0.5, 0.6) is 0 Å². The van der Waals surface area contributed by atoms with Crippen molar-refractivity contribution in [2.24, 2.45) is 0 Å². The molecular weight excluding hydrogens is 877 g/mol. The molecule has 6 heteroatoms. The lowest BCUT2D eigenvalue weighted by atomic mass is 10.1. The van der Waals surface area contributed by atoms with Gasteiger partial charge in [0.25, 0.3) is 0 Å². The van der Waals surface area contributed by atoms with Crippen molar-refractivity contribution in [1.82, 2.24) is 0 Å². The molecule has 0 radical (unpaired) electrons. The fourth-order valence-corrected chi connectivity index (χ4v) is 8.90. The number of hydrogen-bond acceptors (Lipinski definition) is 6. The minimum absolute atomic E-state index is 0.0808. The number of allylic oxidation sites excluding steroid dienone is 10. The summed E-state index contributed by atoms with van der Waals surface area (Å²) in [4.78, 5) is 38.3. The Morgan fingerprint density at radius 1 is 0.296 bits per heavy atom. The lowest BCUT2D eigenvalue weighted by molar-refractivity contribution is -0.167. The van der Waals surface area contributed by atoms with Crippen molar-refractivity contribution in [3.8, 4) is 0 Å². The van der Waals surface area contributed by atoms with Crippen molar-refractivity contribution in [3.63, 3.8) is 0 Å². The molecule has 1 atom stereocenters. The molecule has 0 fully saturated rings. The van der Waals surface area contributed by atoms with E-state index in [0.29, 0.717) is 19.3 Å². The summed E-state index contributed by atoms with van der Waals surface area (Å²) in [6.45, 7) is 6.53. The number of rotatable bonds is 56. The van der Waals surface area contributed by atoms with E-state index in [0.717, 1.165) is 70.6 Å². The first-order valence-electron chi connectivity index (χ1n) is 30.8. The van der Waals surface area contributed by atoms with Gasteiger partial charge in [0.1, 0.15) is 13.2 Å². The molecule has 6 nitrogen and oxygen atoms in total. The zero-order chi connectivity index (χ0) is 51.4. The highest BCUT2D eigenvalue weighted by Crippen LogP contribution is 2.16. The Labute approximate surface area is 440 Å². The standard InChI is InChI=1S/C65H116O6/c1-4-7-10-13-16-19-22-25-28-30-32-34-37-40-43-46-49-52-55-58-64(67)70-61-62(60-69-63(66)57-54-51-48-45-42-39-36-27-24-21-18-15-12-9-6-3)71-65(68)59-56-53-50-47-44-41-38-35-33-31-29-26-23-20-17-14-11-8-5-2/h9,12,15,18,21,24,30-33,62H,4-8,10-11,13-14,16-17,19-20,22-23,25-29,34-61H2,1-3H3/b12-9-,18-15-,24-21-,32-30-,33-31-. The van der Waals surface area contributed by atoms with Gasteiger partial charge in [-0.3, -0.25) is 14.4 Å². The summed E-state index contributed by atoms with van der Waals surface area (Å²) in [5, 5.41) is 0. The summed E-state index contributed by atoms with van der Waals surface area (Å²) in [5.74, 6) is -0.887. The summed E-state index contributed by atoms with van der Waals surface area (Å²) in [7, 11) is 0. The molecule has 0 N–H and O–H groups in total. The van der Waals surface area contributed by atoms with E-state index in [1.165, 1.54) is 205 Å². The number of unbranched alkanes of at least 4 members (excludes halogenated alkanes) is 37. The van der Waals surface area contributed by atoms with Crippen LogP contribution in [0.25, 0.3) is 0 Å².